The van der Waals surface area contributed by atoms with E-state index < -0.39 is 48.0 Å². The van der Waals surface area contributed by atoms with Gasteiger partial charge in [0.15, 0.2) is 17.7 Å². The molecule has 34 heavy (non-hydrogen) atoms. The quantitative estimate of drug-likeness (QED) is 0.516. The number of aryl methyl sites for hydroxylation is 1. The molecule has 1 atom stereocenters. The molecule has 0 bridgehead atoms. The van der Waals surface area contributed by atoms with Crippen molar-refractivity contribution in [2.75, 3.05) is 18.0 Å². The third-order valence-corrected chi connectivity index (χ3v) is 4.90. The van der Waals surface area contributed by atoms with Gasteiger partial charge in [-0.2, -0.15) is 8.78 Å². The van der Waals surface area contributed by atoms with E-state index in [1.807, 2.05) is 4.98 Å². The van der Waals surface area contributed by atoms with Crippen molar-refractivity contribution in [3.63, 3.8) is 0 Å². The molecule has 1 aromatic carbocycles. The Morgan fingerprint density at radius 1 is 1.21 bits per heavy atom. The molecule has 1 aliphatic rings. The number of halogens is 5. The predicted molar refractivity (Wildman–Crippen MR) is 108 cm³/mol. The van der Waals surface area contributed by atoms with Crippen molar-refractivity contribution in [2.45, 2.75) is 25.6 Å². The van der Waals surface area contributed by atoms with E-state index in [4.69, 9.17) is 4.74 Å². The van der Waals surface area contributed by atoms with E-state index in [2.05, 4.69) is 19.7 Å². The van der Waals surface area contributed by atoms with Crippen LogP contribution in [0.5, 0.6) is 11.5 Å². The standard InChI is InChI=1S/C20H16F5N5O4/c1-9-27-13(11-6-26-19(32)29-17(11)31)5-16(28-9)30-7-15(20(24,25)8-30)33-10-2-3-12(21)14(4-10)34-18(22)23/h2-6,15,18H,7-8H2,1H3,(H2,26,29,31,32)/t15-/m0/s1. The molecular weight excluding hydrogens is 469 g/mol. The third-order valence-electron chi connectivity index (χ3n) is 4.90. The maximum absolute atomic E-state index is 14.7. The molecule has 0 radical (unpaired) electrons. The molecular formula is C20H16F5N5O4. The maximum Gasteiger partial charge on any atom is 0.387 e. The van der Waals surface area contributed by atoms with E-state index in [-0.39, 0.29) is 35.2 Å². The maximum atomic E-state index is 14.7. The van der Waals surface area contributed by atoms with Gasteiger partial charge in [-0.25, -0.2) is 27.9 Å². The summed E-state index contributed by atoms with van der Waals surface area (Å²) in [6.45, 7) is -2.99. The molecule has 14 heteroatoms. The molecule has 3 aromatic rings. The number of hydrogen-bond donors (Lipinski definition) is 2. The summed E-state index contributed by atoms with van der Waals surface area (Å²) >= 11 is 0. The molecule has 0 spiro atoms. The Balaban J connectivity index is 1.59. The fourth-order valence-corrected chi connectivity index (χ4v) is 3.41. The number of alkyl halides is 4. The second-order valence-electron chi connectivity index (χ2n) is 7.36. The molecule has 3 heterocycles. The monoisotopic (exact) mass is 485 g/mol. The van der Waals surface area contributed by atoms with E-state index in [0.717, 1.165) is 24.4 Å². The van der Waals surface area contributed by atoms with Gasteiger partial charge >= 0.3 is 18.2 Å². The van der Waals surface area contributed by atoms with Crippen LogP contribution in [0.4, 0.5) is 27.8 Å². The van der Waals surface area contributed by atoms with Crippen LogP contribution in [0.15, 0.2) is 40.1 Å². The molecule has 1 aliphatic heterocycles. The molecule has 0 unspecified atom stereocenters. The summed E-state index contributed by atoms with van der Waals surface area (Å²) in [6, 6.07) is 3.85. The van der Waals surface area contributed by atoms with Gasteiger partial charge in [0.05, 0.1) is 24.3 Å². The number of anilines is 1. The Morgan fingerprint density at radius 2 is 1.97 bits per heavy atom. The SMILES string of the molecule is Cc1nc(-c2c[nH]c(=O)[nH]c2=O)cc(N2C[C@H](Oc3ccc(F)c(OC(F)F)c3)C(F)(F)C2)n1. The molecule has 180 valence electrons. The van der Waals surface area contributed by atoms with Crippen molar-refractivity contribution in [3.05, 3.63) is 62.9 Å². The van der Waals surface area contributed by atoms with E-state index >= 15 is 0 Å². The first kappa shape index (κ1) is 23.2. The number of nitrogens with one attached hydrogen (secondary N) is 2. The zero-order valence-corrected chi connectivity index (χ0v) is 17.3. The fourth-order valence-electron chi connectivity index (χ4n) is 3.41. The van der Waals surface area contributed by atoms with Crippen molar-refractivity contribution in [3.8, 4) is 22.8 Å². The van der Waals surface area contributed by atoms with Crippen LogP contribution >= 0.6 is 0 Å². The smallest absolute Gasteiger partial charge is 0.387 e. The molecule has 2 N–H and O–H groups in total. The summed E-state index contributed by atoms with van der Waals surface area (Å²) in [6.07, 6.45) is -0.585. The normalized spacial score (nSPS) is 17.3. The fraction of sp³-hybridized carbons (Fsp3) is 0.300. The second-order valence-corrected chi connectivity index (χ2v) is 7.36. The van der Waals surface area contributed by atoms with Crippen LogP contribution in [0.1, 0.15) is 5.82 Å². The molecule has 2 aromatic heterocycles. The minimum Gasteiger partial charge on any atom is -0.482 e. The number of nitrogens with zero attached hydrogens (tertiary/aromatic N) is 3. The van der Waals surface area contributed by atoms with Crippen LogP contribution in [0, 0.1) is 12.7 Å². The number of benzene rings is 1. The summed E-state index contributed by atoms with van der Waals surface area (Å²) < 4.78 is 77.2. The highest BCUT2D eigenvalue weighted by atomic mass is 19.3. The van der Waals surface area contributed by atoms with Gasteiger partial charge in [0, 0.05) is 18.3 Å². The highest BCUT2D eigenvalue weighted by molar-refractivity contribution is 5.61. The Hall–Kier alpha value is -3.97. The summed E-state index contributed by atoms with van der Waals surface area (Å²) in [5, 5.41) is 0. The minimum atomic E-state index is -3.40. The van der Waals surface area contributed by atoms with Crippen LogP contribution in [-0.2, 0) is 0 Å². The van der Waals surface area contributed by atoms with Gasteiger partial charge in [0.1, 0.15) is 17.4 Å². The van der Waals surface area contributed by atoms with Gasteiger partial charge in [-0.15, -0.1) is 0 Å². The van der Waals surface area contributed by atoms with E-state index in [1.54, 1.807) is 0 Å². The van der Waals surface area contributed by atoms with E-state index in [9.17, 15) is 31.5 Å². The van der Waals surface area contributed by atoms with Crippen molar-refractivity contribution in [1.82, 2.24) is 19.9 Å². The average Bonchev–Trinajstić information content (AvgIpc) is 3.04. The van der Waals surface area contributed by atoms with Crippen LogP contribution < -0.4 is 25.6 Å². The number of H-pyrrole nitrogens is 2. The molecule has 1 saturated heterocycles. The second kappa shape index (κ2) is 8.76. The van der Waals surface area contributed by atoms with Gasteiger partial charge in [-0.05, 0) is 19.1 Å². The van der Waals surface area contributed by atoms with Crippen LogP contribution in [0.3, 0.4) is 0 Å². The molecule has 0 amide bonds. The largest absolute Gasteiger partial charge is 0.482 e. The first-order chi connectivity index (χ1) is 16.0. The zero-order valence-electron chi connectivity index (χ0n) is 17.3. The lowest BCUT2D eigenvalue weighted by atomic mass is 10.2. The molecule has 0 saturated carbocycles. The number of aromatic amines is 2. The van der Waals surface area contributed by atoms with Crippen LogP contribution in [0.2, 0.25) is 0 Å². The lowest BCUT2D eigenvalue weighted by molar-refractivity contribution is -0.0612. The van der Waals surface area contributed by atoms with Crippen molar-refractivity contribution >= 4 is 5.82 Å². The first-order valence-corrected chi connectivity index (χ1v) is 9.73. The topological polar surface area (TPSA) is 113 Å². The molecule has 4 rings (SSSR count). The predicted octanol–water partition coefficient (Wildman–Crippen LogP) is 2.47. The molecule has 9 nitrogen and oxygen atoms in total. The van der Waals surface area contributed by atoms with Crippen LogP contribution in [0.25, 0.3) is 11.3 Å². The van der Waals surface area contributed by atoms with Crippen molar-refractivity contribution in [2.24, 2.45) is 0 Å². The van der Waals surface area contributed by atoms with E-state index in [0.29, 0.717) is 0 Å². The summed E-state index contributed by atoms with van der Waals surface area (Å²) in [4.78, 5) is 37.2. The van der Waals surface area contributed by atoms with E-state index in [1.165, 1.54) is 17.9 Å². The summed E-state index contributed by atoms with van der Waals surface area (Å²) in [5.41, 5.74) is -1.34. The lowest BCUT2D eigenvalue weighted by Crippen LogP contribution is -2.36. The minimum absolute atomic E-state index is 0.00276. The van der Waals surface area contributed by atoms with Crippen molar-refractivity contribution < 1.29 is 31.4 Å². The number of hydrogen-bond acceptors (Lipinski definition) is 7. The molecule has 0 aliphatic carbocycles. The van der Waals surface area contributed by atoms with Crippen LogP contribution in [-0.4, -0.2) is 51.7 Å². The third kappa shape index (κ3) is 4.84. The average molecular weight is 485 g/mol. The number of ether oxygens (including phenoxy) is 2. The zero-order chi connectivity index (χ0) is 24.6. The van der Waals surface area contributed by atoms with Gasteiger partial charge in [-0.3, -0.25) is 9.78 Å². The summed E-state index contributed by atoms with van der Waals surface area (Å²) in [7, 11) is 0. The van der Waals surface area contributed by atoms with Gasteiger partial charge in [0.25, 0.3) is 5.56 Å². The lowest BCUT2D eigenvalue weighted by Gasteiger charge is -2.19. The molecule has 1 fully saturated rings. The highest BCUT2D eigenvalue weighted by Gasteiger charge is 2.50. The highest BCUT2D eigenvalue weighted by Crippen LogP contribution is 2.35. The Morgan fingerprint density at radius 3 is 2.68 bits per heavy atom. The summed E-state index contributed by atoms with van der Waals surface area (Å²) in [5.74, 6) is -5.38. The van der Waals surface area contributed by atoms with Gasteiger partial charge < -0.3 is 19.4 Å². The Labute approximate surface area is 187 Å². The first-order valence-electron chi connectivity index (χ1n) is 9.73. The van der Waals surface area contributed by atoms with Gasteiger partial charge in [-0.1, -0.05) is 0 Å². The Bertz CT molecular complexity index is 1330. The van der Waals surface area contributed by atoms with Gasteiger partial charge in [0.2, 0.25) is 0 Å². The number of aromatic nitrogens is 4. The number of rotatable bonds is 6. The van der Waals surface area contributed by atoms with Crippen molar-refractivity contribution in [1.29, 1.82) is 0 Å². The Kier molecular flexibility index (Phi) is 5.98.